The SMILES string of the molecule is CCCCc1ccnc2[nH]cc(C3CCN(Cc4c(OC)ccc(C(=O)O)c4OC)CC3)c12. The molecule has 0 amide bonds. The number of hydrogen-bond donors (Lipinski definition) is 2. The molecule has 4 rings (SSSR count). The Morgan fingerprint density at radius 2 is 2.00 bits per heavy atom. The fourth-order valence-corrected chi connectivity index (χ4v) is 5.03. The Balaban J connectivity index is 1.52. The van der Waals surface area contributed by atoms with Crippen molar-refractivity contribution < 1.29 is 19.4 Å². The van der Waals surface area contributed by atoms with Crippen molar-refractivity contribution in [1.82, 2.24) is 14.9 Å². The number of aromatic amines is 1. The standard InChI is InChI=1S/C26H33N3O4/c1-4-5-6-18-9-12-27-25-23(18)20(15-28-25)17-10-13-29(14-11-17)16-21-22(32-2)8-7-19(26(30)31)24(21)33-3/h7-9,12,15,17H,4-6,10-11,13-14,16H2,1-3H3,(H,27,28)(H,30,31). The van der Waals surface area contributed by atoms with E-state index in [-0.39, 0.29) is 5.56 Å². The Morgan fingerprint density at radius 1 is 1.21 bits per heavy atom. The van der Waals surface area contributed by atoms with Crippen LogP contribution in [0.15, 0.2) is 30.6 Å². The number of unbranched alkanes of at least 4 members (excludes halogenated alkanes) is 1. The van der Waals surface area contributed by atoms with Gasteiger partial charge in [0, 0.05) is 24.3 Å². The molecule has 2 aromatic heterocycles. The number of piperidine rings is 1. The summed E-state index contributed by atoms with van der Waals surface area (Å²) in [4.78, 5) is 22.0. The minimum atomic E-state index is -0.999. The van der Waals surface area contributed by atoms with Gasteiger partial charge in [-0.3, -0.25) is 4.90 Å². The number of rotatable bonds is 9. The second-order valence-corrected chi connectivity index (χ2v) is 8.72. The molecule has 0 aliphatic carbocycles. The number of benzene rings is 1. The highest BCUT2D eigenvalue weighted by Crippen LogP contribution is 2.37. The van der Waals surface area contributed by atoms with E-state index in [2.05, 4.69) is 34.1 Å². The number of aromatic nitrogens is 2. The topological polar surface area (TPSA) is 87.7 Å². The number of aromatic carboxylic acids is 1. The highest BCUT2D eigenvalue weighted by molar-refractivity contribution is 5.92. The molecule has 2 N–H and O–H groups in total. The maximum atomic E-state index is 11.7. The third-order valence-electron chi connectivity index (χ3n) is 6.77. The molecule has 3 heterocycles. The molecule has 1 aliphatic heterocycles. The number of carboxylic acid groups (broad SMARTS) is 1. The zero-order valence-corrected chi connectivity index (χ0v) is 19.7. The van der Waals surface area contributed by atoms with Crippen molar-refractivity contribution in [2.75, 3.05) is 27.3 Å². The monoisotopic (exact) mass is 451 g/mol. The van der Waals surface area contributed by atoms with Gasteiger partial charge < -0.3 is 19.6 Å². The molecule has 0 bridgehead atoms. The number of aryl methyl sites for hydroxylation is 1. The first-order valence-electron chi connectivity index (χ1n) is 11.7. The average molecular weight is 452 g/mol. The normalized spacial score (nSPS) is 15.1. The number of likely N-dealkylation sites (tertiary alicyclic amines) is 1. The first kappa shape index (κ1) is 23.1. The molecule has 0 radical (unpaired) electrons. The molecule has 0 unspecified atom stereocenters. The number of hydrogen-bond acceptors (Lipinski definition) is 5. The highest BCUT2D eigenvalue weighted by Gasteiger charge is 2.27. The fraction of sp³-hybridized carbons (Fsp3) is 0.462. The molecule has 1 fully saturated rings. The molecule has 33 heavy (non-hydrogen) atoms. The Morgan fingerprint density at radius 3 is 2.67 bits per heavy atom. The minimum absolute atomic E-state index is 0.161. The molecule has 1 aromatic carbocycles. The number of ether oxygens (including phenoxy) is 2. The first-order chi connectivity index (χ1) is 16.1. The Labute approximate surface area is 194 Å². The van der Waals surface area contributed by atoms with Crippen LogP contribution in [0.25, 0.3) is 11.0 Å². The third kappa shape index (κ3) is 4.69. The van der Waals surface area contributed by atoms with Crippen molar-refractivity contribution in [3.63, 3.8) is 0 Å². The summed E-state index contributed by atoms with van der Waals surface area (Å²) in [6, 6.07) is 5.42. The zero-order valence-electron chi connectivity index (χ0n) is 19.7. The van der Waals surface area contributed by atoms with E-state index in [1.807, 2.05) is 6.20 Å². The van der Waals surface area contributed by atoms with Crippen LogP contribution in [0.1, 0.15) is 65.6 Å². The number of fused-ring (bicyclic) bond motifs is 1. The average Bonchev–Trinajstić information content (AvgIpc) is 3.27. The molecule has 7 heteroatoms. The summed E-state index contributed by atoms with van der Waals surface area (Å²) in [5, 5.41) is 10.9. The van der Waals surface area contributed by atoms with Crippen LogP contribution in [0.2, 0.25) is 0 Å². The van der Waals surface area contributed by atoms with Crippen LogP contribution < -0.4 is 9.47 Å². The van der Waals surface area contributed by atoms with Gasteiger partial charge in [-0.15, -0.1) is 0 Å². The molecule has 0 spiro atoms. The van der Waals surface area contributed by atoms with Gasteiger partial charge in [-0.1, -0.05) is 13.3 Å². The number of pyridine rings is 1. The predicted octanol–water partition coefficient (Wildman–Crippen LogP) is 5.00. The number of carboxylic acids is 1. The molecule has 1 aliphatic rings. The van der Waals surface area contributed by atoms with Crippen LogP contribution in [0.5, 0.6) is 11.5 Å². The van der Waals surface area contributed by atoms with E-state index >= 15 is 0 Å². The predicted molar refractivity (Wildman–Crippen MR) is 128 cm³/mol. The number of methoxy groups -OCH3 is 2. The summed E-state index contributed by atoms with van der Waals surface area (Å²) in [5.74, 6) is 0.518. The number of nitrogens with one attached hydrogen (secondary N) is 1. The molecular weight excluding hydrogens is 418 g/mol. The lowest BCUT2D eigenvalue weighted by Crippen LogP contribution is -2.32. The van der Waals surface area contributed by atoms with E-state index < -0.39 is 5.97 Å². The second-order valence-electron chi connectivity index (χ2n) is 8.72. The Hall–Kier alpha value is -3.06. The molecule has 3 aromatic rings. The summed E-state index contributed by atoms with van der Waals surface area (Å²) in [7, 11) is 3.12. The summed E-state index contributed by atoms with van der Waals surface area (Å²) < 4.78 is 11.0. The van der Waals surface area contributed by atoms with Gasteiger partial charge in [-0.25, -0.2) is 9.78 Å². The zero-order chi connectivity index (χ0) is 23.4. The lowest BCUT2D eigenvalue weighted by Gasteiger charge is -2.32. The lowest BCUT2D eigenvalue weighted by atomic mass is 9.87. The smallest absolute Gasteiger partial charge is 0.339 e. The van der Waals surface area contributed by atoms with Crippen molar-refractivity contribution in [1.29, 1.82) is 0 Å². The summed E-state index contributed by atoms with van der Waals surface area (Å²) >= 11 is 0. The van der Waals surface area contributed by atoms with Crippen LogP contribution in [-0.4, -0.2) is 53.3 Å². The highest BCUT2D eigenvalue weighted by atomic mass is 16.5. The summed E-state index contributed by atoms with van der Waals surface area (Å²) in [6.45, 7) is 4.66. The van der Waals surface area contributed by atoms with Crippen molar-refractivity contribution in [3.8, 4) is 11.5 Å². The van der Waals surface area contributed by atoms with Crippen molar-refractivity contribution in [2.24, 2.45) is 0 Å². The van der Waals surface area contributed by atoms with Crippen LogP contribution in [0, 0.1) is 0 Å². The number of H-pyrrole nitrogens is 1. The minimum Gasteiger partial charge on any atom is -0.496 e. The first-order valence-corrected chi connectivity index (χ1v) is 11.7. The largest absolute Gasteiger partial charge is 0.496 e. The maximum Gasteiger partial charge on any atom is 0.339 e. The van der Waals surface area contributed by atoms with Gasteiger partial charge in [0.1, 0.15) is 22.7 Å². The molecule has 0 atom stereocenters. The Bertz CT molecular complexity index is 1120. The van der Waals surface area contributed by atoms with Crippen molar-refractivity contribution in [3.05, 3.63) is 52.8 Å². The van der Waals surface area contributed by atoms with Crippen molar-refractivity contribution in [2.45, 2.75) is 51.5 Å². The van der Waals surface area contributed by atoms with Gasteiger partial charge in [0.2, 0.25) is 0 Å². The van der Waals surface area contributed by atoms with Crippen LogP contribution in [0.3, 0.4) is 0 Å². The van der Waals surface area contributed by atoms with Gasteiger partial charge in [0.25, 0.3) is 0 Å². The van der Waals surface area contributed by atoms with E-state index in [1.165, 1.54) is 42.5 Å². The van der Waals surface area contributed by atoms with E-state index in [1.54, 1.807) is 13.2 Å². The van der Waals surface area contributed by atoms with E-state index in [0.29, 0.717) is 24.0 Å². The van der Waals surface area contributed by atoms with E-state index in [4.69, 9.17) is 9.47 Å². The van der Waals surface area contributed by atoms with Gasteiger partial charge >= 0.3 is 5.97 Å². The van der Waals surface area contributed by atoms with Gasteiger partial charge in [-0.2, -0.15) is 0 Å². The fourth-order valence-electron chi connectivity index (χ4n) is 5.03. The summed E-state index contributed by atoms with van der Waals surface area (Å²) in [6.07, 6.45) is 9.58. The summed E-state index contributed by atoms with van der Waals surface area (Å²) in [5.41, 5.74) is 4.71. The second kappa shape index (κ2) is 10.3. The molecule has 176 valence electrons. The maximum absolute atomic E-state index is 11.7. The van der Waals surface area contributed by atoms with E-state index in [0.717, 1.165) is 43.6 Å². The number of nitrogens with zero attached hydrogens (tertiary/aromatic N) is 2. The van der Waals surface area contributed by atoms with Crippen LogP contribution >= 0.6 is 0 Å². The number of carbonyl (C=O) groups is 1. The molecular formula is C26H33N3O4. The van der Waals surface area contributed by atoms with Crippen LogP contribution in [0.4, 0.5) is 0 Å². The molecule has 7 nitrogen and oxygen atoms in total. The lowest BCUT2D eigenvalue weighted by molar-refractivity contribution is 0.0692. The molecule has 1 saturated heterocycles. The van der Waals surface area contributed by atoms with Crippen LogP contribution in [-0.2, 0) is 13.0 Å². The molecule has 0 saturated carbocycles. The van der Waals surface area contributed by atoms with Gasteiger partial charge in [-0.05, 0) is 74.0 Å². The quantitative estimate of drug-likeness (QED) is 0.476. The Kier molecular flexibility index (Phi) is 7.18. The van der Waals surface area contributed by atoms with E-state index in [9.17, 15) is 9.90 Å². The van der Waals surface area contributed by atoms with Crippen molar-refractivity contribution >= 4 is 17.0 Å². The van der Waals surface area contributed by atoms with Gasteiger partial charge in [0.05, 0.1) is 19.8 Å². The van der Waals surface area contributed by atoms with Gasteiger partial charge in [0.15, 0.2) is 0 Å². The third-order valence-corrected chi connectivity index (χ3v) is 6.77.